The van der Waals surface area contributed by atoms with E-state index in [1.165, 1.54) is 6.26 Å². The van der Waals surface area contributed by atoms with Crippen LogP contribution in [0.5, 0.6) is 0 Å². The van der Waals surface area contributed by atoms with Gasteiger partial charge >= 0.3 is 0 Å². The van der Waals surface area contributed by atoms with E-state index in [2.05, 4.69) is 0 Å². The van der Waals surface area contributed by atoms with Crippen molar-refractivity contribution in [2.75, 3.05) is 30.1 Å². The molecule has 3 nitrogen and oxygen atoms in total. The molecule has 0 heterocycles. The Kier molecular flexibility index (Phi) is 5.99. The average Bonchev–Trinajstić information content (AvgIpc) is 1.85. The van der Waals surface area contributed by atoms with Crippen LogP contribution >= 0.6 is 11.8 Å². The summed E-state index contributed by atoms with van der Waals surface area (Å²) >= 11 is 1.70. The molecular formula is C6H15NO2S2. The van der Waals surface area contributed by atoms with Crippen molar-refractivity contribution in [2.45, 2.75) is 6.42 Å². The van der Waals surface area contributed by atoms with Crippen LogP contribution in [0.4, 0.5) is 0 Å². The lowest BCUT2D eigenvalue weighted by Crippen LogP contribution is -2.05. The second kappa shape index (κ2) is 5.85. The molecule has 0 aliphatic carbocycles. The van der Waals surface area contributed by atoms with Crippen LogP contribution in [-0.2, 0) is 9.84 Å². The van der Waals surface area contributed by atoms with Gasteiger partial charge in [0.05, 0.1) is 5.75 Å². The van der Waals surface area contributed by atoms with Gasteiger partial charge in [0.1, 0.15) is 9.84 Å². The maximum absolute atomic E-state index is 10.6. The van der Waals surface area contributed by atoms with E-state index < -0.39 is 9.84 Å². The van der Waals surface area contributed by atoms with Crippen molar-refractivity contribution in [1.29, 1.82) is 0 Å². The lowest BCUT2D eigenvalue weighted by Gasteiger charge is -1.97. The highest BCUT2D eigenvalue weighted by molar-refractivity contribution is 7.99. The van der Waals surface area contributed by atoms with Gasteiger partial charge in [0.15, 0.2) is 0 Å². The molecule has 0 atom stereocenters. The molecule has 0 saturated heterocycles. The van der Waals surface area contributed by atoms with Gasteiger partial charge in [0.25, 0.3) is 0 Å². The first-order chi connectivity index (χ1) is 5.06. The molecule has 11 heavy (non-hydrogen) atoms. The van der Waals surface area contributed by atoms with Crippen molar-refractivity contribution in [1.82, 2.24) is 0 Å². The minimum Gasteiger partial charge on any atom is -0.330 e. The molecule has 0 fully saturated rings. The monoisotopic (exact) mass is 197 g/mol. The molecule has 0 unspecified atom stereocenters. The summed E-state index contributed by atoms with van der Waals surface area (Å²) < 4.78 is 21.3. The molecule has 0 aromatic heterocycles. The van der Waals surface area contributed by atoms with Crippen LogP contribution < -0.4 is 5.73 Å². The second-order valence-corrected chi connectivity index (χ2v) is 5.87. The van der Waals surface area contributed by atoms with Crippen LogP contribution in [0.1, 0.15) is 6.42 Å². The van der Waals surface area contributed by atoms with Gasteiger partial charge in [0, 0.05) is 18.6 Å². The minimum atomic E-state index is -2.76. The molecule has 0 spiro atoms. The van der Waals surface area contributed by atoms with Gasteiger partial charge in [0.2, 0.25) is 0 Å². The van der Waals surface area contributed by atoms with E-state index in [0.29, 0.717) is 12.3 Å². The molecule has 0 aromatic rings. The number of hydrogen-bond acceptors (Lipinski definition) is 4. The fourth-order valence-corrected chi connectivity index (χ4v) is 2.18. The number of thioether (sulfide) groups is 1. The summed E-state index contributed by atoms with van der Waals surface area (Å²) in [7, 11) is -2.76. The van der Waals surface area contributed by atoms with Crippen LogP contribution in [0, 0.1) is 0 Å². The fraction of sp³-hybridized carbons (Fsp3) is 1.00. The molecule has 5 heteroatoms. The van der Waals surface area contributed by atoms with E-state index in [-0.39, 0.29) is 0 Å². The molecular weight excluding hydrogens is 182 g/mol. The Morgan fingerprint density at radius 3 is 2.45 bits per heavy atom. The van der Waals surface area contributed by atoms with Crippen LogP contribution in [-0.4, -0.2) is 38.5 Å². The van der Waals surface area contributed by atoms with Crippen molar-refractivity contribution < 1.29 is 8.42 Å². The van der Waals surface area contributed by atoms with Gasteiger partial charge in [-0.05, 0) is 12.2 Å². The third kappa shape index (κ3) is 10.3. The van der Waals surface area contributed by atoms with E-state index >= 15 is 0 Å². The Bertz CT molecular complexity index is 177. The van der Waals surface area contributed by atoms with Gasteiger partial charge in [-0.25, -0.2) is 8.42 Å². The number of nitrogens with two attached hydrogens (primary N) is 1. The highest BCUT2D eigenvalue weighted by Crippen LogP contribution is 2.01. The van der Waals surface area contributed by atoms with Crippen LogP contribution in [0.3, 0.4) is 0 Å². The van der Waals surface area contributed by atoms with Gasteiger partial charge in [-0.3, -0.25) is 0 Å². The topological polar surface area (TPSA) is 60.2 Å². The Balaban J connectivity index is 3.16. The maximum Gasteiger partial charge on any atom is 0.147 e. The smallest absolute Gasteiger partial charge is 0.147 e. The maximum atomic E-state index is 10.6. The number of hydrogen-bond donors (Lipinski definition) is 1. The summed E-state index contributed by atoms with van der Waals surface area (Å²) in [6.45, 7) is 0.670. The van der Waals surface area contributed by atoms with Crippen molar-refractivity contribution in [3.05, 3.63) is 0 Å². The molecule has 0 amide bonds. The van der Waals surface area contributed by atoms with Crippen LogP contribution in [0.15, 0.2) is 0 Å². The van der Waals surface area contributed by atoms with Gasteiger partial charge in [-0.15, -0.1) is 0 Å². The zero-order valence-corrected chi connectivity index (χ0v) is 8.38. The highest BCUT2D eigenvalue weighted by Gasteiger charge is 2.00. The molecule has 0 radical (unpaired) electrons. The Morgan fingerprint density at radius 1 is 1.36 bits per heavy atom. The lowest BCUT2D eigenvalue weighted by molar-refractivity contribution is 0.600. The van der Waals surface area contributed by atoms with E-state index in [4.69, 9.17) is 5.73 Å². The van der Waals surface area contributed by atoms with Crippen molar-refractivity contribution in [2.24, 2.45) is 5.73 Å². The SMILES string of the molecule is CS(=O)(=O)CCCSCCN. The Labute approximate surface area is 72.7 Å². The third-order valence-electron chi connectivity index (χ3n) is 1.07. The van der Waals surface area contributed by atoms with Crippen LogP contribution in [0.25, 0.3) is 0 Å². The Hall–Kier alpha value is 0.260. The third-order valence-corrected chi connectivity index (χ3v) is 3.20. The summed E-state index contributed by atoms with van der Waals surface area (Å²) in [5.41, 5.74) is 5.26. The average molecular weight is 197 g/mol. The summed E-state index contributed by atoms with van der Waals surface area (Å²) in [6, 6.07) is 0. The van der Waals surface area contributed by atoms with Crippen molar-refractivity contribution in [3.8, 4) is 0 Å². The zero-order chi connectivity index (χ0) is 8.74. The normalized spacial score (nSPS) is 11.8. The summed E-state index contributed by atoms with van der Waals surface area (Å²) in [4.78, 5) is 0. The Morgan fingerprint density at radius 2 is 2.00 bits per heavy atom. The first kappa shape index (κ1) is 11.3. The number of sulfone groups is 1. The molecule has 2 N–H and O–H groups in total. The molecule has 0 saturated carbocycles. The predicted molar refractivity (Wildman–Crippen MR) is 50.7 cm³/mol. The van der Waals surface area contributed by atoms with E-state index in [0.717, 1.165) is 17.9 Å². The molecule has 0 bridgehead atoms. The highest BCUT2D eigenvalue weighted by atomic mass is 32.2. The molecule has 0 rings (SSSR count). The molecule has 0 aliphatic heterocycles. The first-order valence-corrected chi connectivity index (χ1v) is 6.73. The fourth-order valence-electron chi connectivity index (χ4n) is 0.609. The van der Waals surface area contributed by atoms with Crippen LogP contribution in [0.2, 0.25) is 0 Å². The van der Waals surface area contributed by atoms with E-state index in [1.54, 1.807) is 11.8 Å². The molecule has 68 valence electrons. The summed E-state index contributed by atoms with van der Waals surface area (Å²) in [5, 5.41) is 0. The summed E-state index contributed by atoms with van der Waals surface area (Å²) in [5.74, 6) is 2.11. The first-order valence-electron chi connectivity index (χ1n) is 3.52. The minimum absolute atomic E-state index is 0.296. The number of rotatable bonds is 6. The van der Waals surface area contributed by atoms with E-state index in [1.807, 2.05) is 0 Å². The second-order valence-electron chi connectivity index (χ2n) is 2.38. The lowest BCUT2D eigenvalue weighted by atomic mass is 10.6. The standard InChI is InChI=1S/C6H15NO2S2/c1-11(8,9)6-2-4-10-5-3-7/h2-7H2,1H3. The van der Waals surface area contributed by atoms with E-state index in [9.17, 15) is 8.42 Å². The predicted octanol–water partition coefficient (Wildman–Crippen LogP) is 0.113. The van der Waals surface area contributed by atoms with Gasteiger partial charge < -0.3 is 5.73 Å². The van der Waals surface area contributed by atoms with Crippen molar-refractivity contribution >= 4 is 21.6 Å². The largest absolute Gasteiger partial charge is 0.330 e. The van der Waals surface area contributed by atoms with Gasteiger partial charge in [-0.1, -0.05) is 0 Å². The zero-order valence-electron chi connectivity index (χ0n) is 6.75. The quantitative estimate of drug-likeness (QED) is 0.614. The summed E-state index contributed by atoms with van der Waals surface area (Å²) in [6.07, 6.45) is 2.00. The van der Waals surface area contributed by atoms with Gasteiger partial charge in [-0.2, -0.15) is 11.8 Å². The molecule has 0 aliphatic rings. The molecule has 0 aromatic carbocycles. The van der Waals surface area contributed by atoms with Crippen molar-refractivity contribution in [3.63, 3.8) is 0 Å².